The van der Waals surface area contributed by atoms with Crippen LogP contribution >= 0.6 is 0 Å². The summed E-state index contributed by atoms with van der Waals surface area (Å²) in [5, 5.41) is 13.4. The van der Waals surface area contributed by atoms with Crippen LogP contribution < -0.4 is 5.32 Å². The summed E-state index contributed by atoms with van der Waals surface area (Å²) in [4.78, 5) is 31.8. The lowest BCUT2D eigenvalue weighted by Gasteiger charge is -2.51. The van der Waals surface area contributed by atoms with Gasteiger partial charge in [-0.1, -0.05) is 55.5 Å². The van der Waals surface area contributed by atoms with Crippen LogP contribution in [-0.4, -0.2) is 25.7 Å². The molecule has 0 spiro atoms. The summed E-state index contributed by atoms with van der Waals surface area (Å²) in [7, 11) is 0. The molecular formula is C30H26N6O. The second-order valence-electron chi connectivity index (χ2n) is 9.90. The van der Waals surface area contributed by atoms with Crippen LogP contribution in [0.4, 0.5) is 11.6 Å². The molecule has 37 heavy (non-hydrogen) atoms. The molecule has 4 aromatic rings. The van der Waals surface area contributed by atoms with Crippen molar-refractivity contribution in [2.24, 2.45) is 17.8 Å². The Balaban J connectivity index is 1.64. The van der Waals surface area contributed by atoms with Gasteiger partial charge in [0.05, 0.1) is 17.5 Å². The second kappa shape index (κ2) is 9.21. The Morgan fingerprint density at radius 3 is 2.41 bits per heavy atom. The van der Waals surface area contributed by atoms with E-state index in [2.05, 4.69) is 33.5 Å². The Kier molecular flexibility index (Phi) is 5.72. The van der Waals surface area contributed by atoms with Crippen LogP contribution in [0.3, 0.4) is 0 Å². The molecule has 0 amide bonds. The maximum atomic E-state index is 13.2. The third-order valence-corrected chi connectivity index (χ3v) is 8.00. The van der Waals surface area contributed by atoms with E-state index in [9.17, 15) is 10.1 Å². The Labute approximate surface area is 215 Å². The molecule has 182 valence electrons. The summed E-state index contributed by atoms with van der Waals surface area (Å²) in [5.41, 5.74) is 4.89. The first-order valence-electron chi connectivity index (χ1n) is 12.6. The molecule has 0 aliphatic heterocycles. The van der Waals surface area contributed by atoms with Crippen molar-refractivity contribution in [2.45, 2.75) is 31.6 Å². The molecule has 6 rings (SSSR count). The zero-order chi connectivity index (χ0) is 25.4. The van der Waals surface area contributed by atoms with Crippen LogP contribution in [0.5, 0.6) is 0 Å². The molecule has 4 atom stereocenters. The fourth-order valence-electron chi connectivity index (χ4n) is 6.35. The van der Waals surface area contributed by atoms with Crippen molar-refractivity contribution in [3.63, 3.8) is 0 Å². The predicted molar refractivity (Wildman–Crippen MR) is 140 cm³/mol. The third kappa shape index (κ3) is 3.77. The van der Waals surface area contributed by atoms with E-state index in [0.29, 0.717) is 12.4 Å². The molecule has 2 aromatic carbocycles. The van der Waals surface area contributed by atoms with Crippen molar-refractivity contribution < 1.29 is 4.79 Å². The normalized spacial score (nSPS) is 24.4. The molecule has 0 saturated heterocycles. The van der Waals surface area contributed by atoms with Gasteiger partial charge >= 0.3 is 0 Å². The highest BCUT2D eigenvalue weighted by molar-refractivity contribution is 5.88. The molecule has 2 aromatic heterocycles. The lowest BCUT2D eigenvalue weighted by atomic mass is 9.51. The number of para-hydroxylation sites is 1. The van der Waals surface area contributed by atoms with Crippen LogP contribution in [0, 0.1) is 29.1 Å². The molecule has 7 nitrogen and oxygen atoms in total. The van der Waals surface area contributed by atoms with Crippen molar-refractivity contribution in [3.8, 4) is 17.3 Å². The number of hydrogen-bond acceptors (Lipinski definition) is 7. The van der Waals surface area contributed by atoms with Crippen molar-refractivity contribution in [1.29, 1.82) is 5.26 Å². The monoisotopic (exact) mass is 486 g/mol. The lowest BCUT2D eigenvalue weighted by molar-refractivity contribution is -0.131. The molecular weight excluding hydrogens is 460 g/mol. The van der Waals surface area contributed by atoms with Crippen molar-refractivity contribution in [1.82, 2.24) is 19.9 Å². The van der Waals surface area contributed by atoms with Gasteiger partial charge in [-0.3, -0.25) is 4.79 Å². The Morgan fingerprint density at radius 1 is 1.00 bits per heavy atom. The first kappa shape index (κ1) is 23.0. The number of carbonyl (C=O) groups is 1. The van der Waals surface area contributed by atoms with Gasteiger partial charge in [0.15, 0.2) is 5.78 Å². The van der Waals surface area contributed by atoms with Gasteiger partial charge in [-0.25, -0.2) is 19.9 Å². The highest BCUT2D eigenvalue weighted by Crippen LogP contribution is 2.56. The smallest absolute Gasteiger partial charge is 0.228 e. The summed E-state index contributed by atoms with van der Waals surface area (Å²) < 4.78 is 0. The molecule has 2 aliphatic carbocycles. The van der Waals surface area contributed by atoms with E-state index in [-0.39, 0.29) is 17.6 Å². The number of Topliss-reactive ketones (excluding diaryl/α,β-unsaturated/α-hetero) is 1. The molecule has 1 unspecified atom stereocenters. The SMILES string of the molecule is C[C@@H]1C(=O)C(C#N)C[C@]2(c3ccccc3)c3nc(Nc4ccccc4)nc(-c4cncnc4)c3CC[C@@H]12. The van der Waals surface area contributed by atoms with Crippen LogP contribution in [0.1, 0.15) is 36.6 Å². The Morgan fingerprint density at radius 2 is 1.70 bits per heavy atom. The standard InChI is InChI=1S/C30H26N6O/c1-19-25-13-12-24-26(21-16-32-18-33-17-21)35-29(34-23-10-6-3-7-11-23)36-28(24)30(25,14-20(15-31)27(19)37)22-8-4-2-5-9-22/h2-11,16-20,25H,12-14H2,1H3,(H,34,35,36)/t19-,20?,25-,30+/m0/s1. The average Bonchev–Trinajstić information content (AvgIpc) is 2.96. The van der Waals surface area contributed by atoms with Crippen molar-refractivity contribution in [3.05, 3.63) is 96.2 Å². The van der Waals surface area contributed by atoms with E-state index >= 15 is 0 Å². The van der Waals surface area contributed by atoms with E-state index in [1.165, 1.54) is 6.33 Å². The van der Waals surface area contributed by atoms with Gasteiger partial charge in [0, 0.05) is 40.5 Å². The highest BCUT2D eigenvalue weighted by atomic mass is 16.1. The number of hydrogen-bond donors (Lipinski definition) is 1. The fraction of sp³-hybridized carbons (Fsp3) is 0.267. The second-order valence-corrected chi connectivity index (χ2v) is 9.90. The Hall–Kier alpha value is -4.44. The molecule has 1 saturated carbocycles. The van der Waals surface area contributed by atoms with Gasteiger partial charge in [-0.15, -0.1) is 0 Å². The molecule has 0 radical (unpaired) electrons. The van der Waals surface area contributed by atoms with Gasteiger partial charge < -0.3 is 5.32 Å². The van der Waals surface area contributed by atoms with Crippen molar-refractivity contribution >= 4 is 17.4 Å². The number of nitriles is 1. The maximum absolute atomic E-state index is 13.2. The van der Waals surface area contributed by atoms with Crippen LogP contribution in [0.15, 0.2) is 79.4 Å². The van der Waals surface area contributed by atoms with E-state index in [4.69, 9.17) is 9.97 Å². The zero-order valence-electron chi connectivity index (χ0n) is 20.5. The van der Waals surface area contributed by atoms with Crippen LogP contribution in [0.25, 0.3) is 11.3 Å². The lowest BCUT2D eigenvalue weighted by Crippen LogP contribution is -2.53. The number of carbonyl (C=O) groups excluding carboxylic acids is 1. The van der Waals surface area contributed by atoms with E-state index in [1.807, 2.05) is 55.5 Å². The number of fused-ring (bicyclic) bond motifs is 3. The molecule has 1 fully saturated rings. The van der Waals surface area contributed by atoms with Crippen molar-refractivity contribution in [2.75, 3.05) is 5.32 Å². The third-order valence-electron chi connectivity index (χ3n) is 8.00. The van der Waals surface area contributed by atoms with Crippen LogP contribution in [-0.2, 0) is 16.6 Å². The summed E-state index contributed by atoms with van der Waals surface area (Å²) in [5.74, 6) is -0.412. The first-order chi connectivity index (χ1) is 18.1. The number of nitrogens with one attached hydrogen (secondary N) is 1. The topological polar surface area (TPSA) is 104 Å². The Bertz CT molecular complexity index is 1490. The molecule has 7 heteroatoms. The quantitative estimate of drug-likeness (QED) is 0.419. The minimum absolute atomic E-state index is 0.0267. The minimum atomic E-state index is -0.693. The van der Waals surface area contributed by atoms with Gasteiger partial charge in [0.2, 0.25) is 5.95 Å². The van der Waals surface area contributed by atoms with Gasteiger partial charge in [0.25, 0.3) is 0 Å². The molecule has 0 bridgehead atoms. The summed E-state index contributed by atoms with van der Waals surface area (Å²) >= 11 is 0. The first-order valence-corrected chi connectivity index (χ1v) is 12.6. The van der Waals surface area contributed by atoms with E-state index < -0.39 is 11.3 Å². The number of anilines is 2. The number of nitrogens with zero attached hydrogens (tertiary/aromatic N) is 5. The summed E-state index contributed by atoms with van der Waals surface area (Å²) in [6, 6.07) is 22.4. The van der Waals surface area contributed by atoms with Gasteiger partial charge in [-0.2, -0.15) is 5.26 Å². The van der Waals surface area contributed by atoms with Gasteiger partial charge in [0.1, 0.15) is 12.2 Å². The van der Waals surface area contributed by atoms with E-state index in [0.717, 1.165) is 46.6 Å². The average molecular weight is 487 g/mol. The summed E-state index contributed by atoms with van der Waals surface area (Å²) in [6.07, 6.45) is 7.00. The highest BCUT2D eigenvalue weighted by Gasteiger charge is 2.56. The largest absolute Gasteiger partial charge is 0.324 e. The maximum Gasteiger partial charge on any atom is 0.228 e. The fourth-order valence-corrected chi connectivity index (χ4v) is 6.35. The minimum Gasteiger partial charge on any atom is -0.324 e. The molecule has 2 heterocycles. The zero-order valence-corrected chi connectivity index (χ0v) is 20.5. The van der Waals surface area contributed by atoms with E-state index in [1.54, 1.807) is 12.4 Å². The van der Waals surface area contributed by atoms with Crippen LogP contribution in [0.2, 0.25) is 0 Å². The van der Waals surface area contributed by atoms with Gasteiger partial charge in [-0.05, 0) is 42.9 Å². The molecule has 1 N–H and O–H groups in total. The summed E-state index contributed by atoms with van der Waals surface area (Å²) in [6.45, 7) is 1.98. The number of rotatable bonds is 4. The predicted octanol–water partition coefficient (Wildman–Crippen LogP) is 5.27. The number of ketones is 1. The number of aromatic nitrogens is 4. The molecule has 2 aliphatic rings. The number of benzene rings is 2.